The van der Waals surface area contributed by atoms with Gasteiger partial charge in [-0.2, -0.15) is 0 Å². The lowest BCUT2D eigenvalue weighted by molar-refractivity contribution is -0.127. The van der Waals surface area contributed by atoms with Crippen LogP contribution in [0.4, 0.5) is 9.18 Å². The van der Waals surface area contributed by atoms with Crippen molar-refractivity contribution in [3.63, 3.8) is 0 Å². The molecule has 0 spiro atoms. The Hall–Kier alpha value is -4.24. The fraction of sp³-hybridized carbons (Fsp3) is 0.241. The number of para-hydroxylation sites is 1. The fourth-order valence-electron chi connectivity index (χ4n) is 4.92. The number of fused-ring (bicyclic) bond motifs is 1. The molecule has 3 heterocycles. The Morgan fingerprint density at radius 3 is 2.77 bits per heavy atom. The van der Waals surface area contributed by atoms with Gasteiger partial charge in [0, 0.05) is 37.8 Å². The van der Waals surface area contributed by atoms with E-state index in [1.54, 1.807) is 43.7 Å². The van der Waals surface area contributed by atoms with Crippen LogP contribution in [0, 0.1) is 5.82 Å². The van der Waals surface area contributed by atoms with Gasteiger partial charge in [-0.1, -0.05) is 35.9 Å². The highest BCUT2D eigenvalue weighted by Crippen LogP contribution is 2.27. The van der Waals surface area contributed by atoms with E-state index in [0.717, 1.165) is 27.6 Å². The van der Waals surface area contributed by atoms with Gasteiger partial charge in [0.15, 0.2) is 0 Å². The van der Waals surface area contributed by atoms with Crippen molar-refractivity contribution in [1.82, 2.24) is 25.5 Å². The highest BCUT2D eigenvalue weighted by Gasteiger charge is 2.37. The molecule has 39 heavy (non-hydrogen) atoms. The van der Waals surface area contributed by atoms with Crippen LogP contribution in [0.1, 0.15) is 39.2 Å². The number of hydrogen-bond donors (Lipinski definition) is 3. The highest BCUT2D eigenvalue weighted by molar-refractivity contribution is 6.35. The van der Waals surface area contributed by atoms with Gasteiger partial charge in [-0.15, -0.1) is 0 Å². The minimum atomic E-state index is -0.671. The molecule has 0 bridgehead atoms. The second-order valence-electron chi connectivity index (χ2n) is 9.51. The zero-order valence-electron chi connectivity index (χ0n) is 21.3. The Kier molecular flexibility index (Phi) is 7.60. The highest BCUT2D eigenvalue weighted by atomic mass is 35.5. The van der Waals surface area contributed by atoms with Crippen LogP contribution in [0.3, 0.4) is 0 Å². The average molecular weight is 548 g/mol. The maximum atomic E-state index is 14.6. The number of aryl methyl sites for hydroxylation is 1. The molecule has 4 amide bonds. The Labute approximate surface area is 229 Å². The SMILES string of the molecule is CNC(=O)c1cc(Cc2ccc(F)c(CCCN3C(=O)NC(Cc4c[nH]c5c(Cl)cccc45)C3=O)c2)ccn1. The summed E-state index contributed by atoms with van der Waals surface area (Å²) in [5.41, 5.74) is 4.27. The molecule has 1 fully saturated rings. The van der Waals surface area contributed by atoms with Crippen molar-refractivity contribution in [1.29, 1.82) is 0 Å². The number of aromatic amines is 1. The smallest absolute Gasteiger partial charge is 0.324 e. The third kappa shape index (κ3) is 5.63. The largest absolute Gasteiger partial charge is 0.360 e. The summed E-state index contributed by atoms with van der Waals surface area (Å²) in [4.78, 5) is 45.8. The van der Waals surface area contributed by atoms with Gasteiger partial charge in [-0.25, -0.2) is 9.18 Å². The molecule has 10 heteroatoms. The Morgan fingerprint density at radius 2 is 1.95 bits per heavy atom. The Morgan fingerprint density at radius 1 is 1.13 bits per heavy atom. The number of urea groups is 1. The van der Waals surface area contributed by atoms with Gasteiger partial charge < -0.3 is 15.6 Å². The number of hydrogen-bond acceptors (Lipinski definition) is 4. The van der Waals surface area contributed by atoms with Crippen LogP contribution in [-0.4, -0.2) is 52.3 Å². The lowest BCUT2D eigenvalue weighted by atomic mass is 10.00. The van der Waals surface area contributed by atoms with E-state index in [2.05, 4.69) is 20.6 Å². The molecule has 2 aromatic carbocycles. The maximum Gasteiger partial charge on any atom is 0.324 e. The standard InChI is InChI=1S/C29H27ClFN5O3/c1-32-27(37)24-14-18(9-10-33-24)12-17-7-8-23(31)19(13-17)4-3-11-36-28(38)25(35-29(36)39)15-20-16-34-26-21(20)5-2-6-22(26)30/h2,5-10,13-14,16,25,34H,3-4,11-12,15H2,1H3,(H,32,37)(H,35,39). The number of nitrogens with one attached hydrogen (secondary N) is 3. The van der Waals surface area contributed by atoms with Crippen LogP contribution >= 0.6 is 11.6 Å². The number of imide groups is 1. The van der Waals surface area contributed by atoms with Gasteiger partial charge in [0.1, 0.15) is 17.6 Å². The van der Waals surface area contributed by atoms with Crippen LogP contribution in [0.25, 0.3) is 10.9 Å². The molecule has 2 aromatic heterocycles. The first-order valence-electron chi connectivity index (χ1n) is 12.6. The molecule has 0 saturated carbocycles. The Bertz CT molecular complexity index is 1570. The number of rotatable bonds is 9. The molecule has 1 unspecified atom stereocenters. The third-order valence-electron chi connectivity index (χ3n) is 6.91. The fourth-order valence-corrected chi connectivity index (χ4v) is 5.15. The predicted octanol–water partition coefficient (Wildman–Crippen LogP) is 4.40. The summed E-state index contributed by atoms with van der Waals surface area (Å²) in [7, 11) is 1.54. The number of aromatic nitrogens is 2. The number of carbonyl (C=O) groups is 3. The van der Waals surface area contributed by atoms with E-state index >= 15 is 0 Å². The molecule has 4 aromatic rings. The summed E-state index contributed by atoms with van der Waals surface area (Å²) in [6.07, 6.45) is 5.01. The second-order valence-corrected chi connectivity index (χ2v) is 9.91. The van der Waals surface area contributed by atoms with Gasteiger partial charge in [-0.05, 0) is 65.8 Å². The first kappa shape index (κ1) is 26.4. The molecular weight excluding hydrogens is 521 g/mol. The normalized spacial score (nSPS) is 15.2. The van der Waals surface area contributed by atoms with Crippen molar-refractivity contribution in [2.45, 2.75) is 31.7 Å². The summed E-state index contributed by atoms with van der Waals surface area (Å²) >= 11 is 6.23. The molecule has 1 atom stereocenters. The monoisotopic (exact) mass is 547 g/mol. The van der Waals surface area contributed by atoms with Crippen molar-refractivity contribution in [3.8, 4) is 0 Å². The zero-order valence-corrected chi connectivity index (χ0v) is 22.0. The molecule has 0 radical (unpaired) electrons. The second kappa shape index (κ2) is 11.2. The molecule has 3 N–H and O–H groups in total. The van der Waals surface area contributed by atoms with Crippen molar-refractivity contribution in [2.24, 2.45) is 0 Å². The van der Waals surface area contributed by atoms with Gasteiger partial charge >= 0.3 is 6.03 Å². The predicted molar refractivity (Wildman–Crippen MR) is 146 cm³/mol. The molecule has 1 aliphatic rings. The summed E-state index contributed by atoms with van der Waals surface area (Å²) in [6, 6.07) is 12.9. The van der Waals surface area contributed by atoms with E-state index in [-0.39, 0.29) is 24.2 Å². The Balaban J connectivity index is 1.20. The number of H-pyrrole nitrogens is 1. The van der Waals surface area contributed by atoms with Crippen molar-refractivity contribution in [2.75, 3.05) is 13.6 Å². The minimum absolute atomic E-state index is 0.185. The van der Waals surface area contributed by atoms with Crippen LogP contribution in [0.2, 0.25) is 5.02 Å². The van der Waals surface area contributed by atoms with Gasteiger partial charge in [0.25, 0.3) is 11.8 Å². The number of amides is 4. The zero-order chi connectivity index (χ0) is 27.5. The van der Waals surface area contributed by atoms with Crippen LogP contribution in [0.5, 0.6) is 0 Å². The van der Waals surface area contributed by atoms with E-state index in [1.165, 1.54) is 11.0 Å². The van der Waals surface area contributed by atoms with Crippen molar-refractivity contribution >= 4 is 40.3 Å². The summed E-state index contributed by atoms with van der Waals surface area (Å²) in [5.74, 6) is -0.909. The van der Waals surface area contributed by atoms with Crippen molar-refractivity contribution in [3.05, 3.63) is 99.7 Å². The number of carbonyl (C=O) groups excluding carboxylic acids is 3. The summed E-state index contributed by atoms with van der Waals surface area (Å²) < 4.78 is 14.6. The minimum Gasteiger partial charge on any atom is -0.360 e. The van der Waals surface area contributed by atoms with Crippen molar-refractivity contribution < 1.29 is 18.8 Å². The molecular formula is C29H27ClFN5O3. The average Bonchev–Trinajstić information content (AvgIpc) is 3.46. The topological polar surface area (TPSA) is 107 Å². The van der Waals surface area contributed by atoms with E-state index in [0.29, 0.717) is 42.0 Å². The number of benzene rings is 2. The van der Waals surface area contributed by atoms with Gasteiger partial charge in [-0.3, -0.25) is 19.5 Å². The molecule has 5 rings (SSSR count). The first-order chi connectivity index (χ1) is 18.8. The van der Waals surface area contributed by atoms with E-state index < -0.39 is 12.1 Å². The quantitative estimate of drug-likeness (QED) is 0.270. The number of nitrogens with zero attached hydrogens (tertiary/aromatic N) is 2. The van der Waals surface area contributed by atoms with Crippen LogP contribution in [0.15, 0.2) is 60.9 Å². The maximum absolute atomic E-state index is 14.6. The third-order valence-corrected chi connectivity index (χ3v) is 7.23. The summed E-state index contributed by atoms with van der Waals surface area (Å²) in [5, 5.41) is 6.82. The summed E-state index contributed by atoms with van der Waals surface area (Å²) in [6.45, 7) is 0.185. The van der Waals surface area contributed by atoms with E-state index in [9.17, 15) is 18.8 Å². The van der Waals surface area contributed by atoms with Gasteiger partial charge in [0.2, 0.25) is 0 Å². The van der Waals surface area contributed by atoms with Crippen LogP contribution in [-0.2, 0) is 24.1 Å². The molecule has 0 aliphatic carbocycles. The number of halogens is 2. The molecule has 8 nitrogen and oxygen atoms in total. The van der Waals surface area contributed by atoms with E-state index in [4.69, 9.17) is 11.6 Å². The molecule has 200 valence electrons. The first-order valence-corrected chi connectivity index (χ1v) is 13.0. The number of pyridine rings is 1. The molecule has 1 aliphatic heterocycles. The van der Waals surface area contributed by atoms with Gasteiger partial charge in [0.05, 0.1) is 10.5 Å². The lowest BCUT2D eigenvalue weighted by Crippen LogP contribution is -2.33. The van der Waals surface area contributed by atoms with E-state index in [1.807, 2.05) is 18.2 Å². The van der Waals surface area contributed by atoms with Crippen LogP contribution < -0.4 is 10.6 Å². The molecule has 1 saturated heterocycles. The lowest BCUT2D eigenvalue weighted by Gasteiger charge is -2.13.